The first-order valence-corrected chi connectivity index (χ1v) is 10.9. The minimum Gasteiger partial charge on any atom is -0.466 e. The molecule has 7 heteroatoms. The molecule has 0 bridgehead atoms. The van der Waals surface area contributed by atoms with Crippen molar-refractivity contribution in [1.29, 1.82) is 0 Å². The quantitative estimate of drug-likeness (QED) is 0.547. The van der Waals surface area contributed by atoms with Gasteiger partial charge in [-0.2, -0.15) is 5.10 Å². The summed E-state index contributed by atoms with van der Waals surface area (Å²) < 4.78 is 7.06. The molecular weight excluding hydrogens is 392 g/mol. The Morgan fingerprint density at radius 3 is 2.81 bits per heavy atom. The zero-order valence-corrected chi connectivity index (χ0v) is 17.9. The lowest BCUT2D eigenvalue weighted by Gasteiger charge is -2.40. The maximum absolute atomic E-state index is 13.2. The van der Waals surface area contributed by atoms with Crippen molar-refractivity contribution in [3.05, 3.63) is 66.1 Å². The van der Waals surface area contributed by atoms with Crippen molar-refractivity contribution in [3.8, 4) is 0 Å². The fraction of sp³-hybridized carbons (Fsp3) is 0.417. The summed E-state index contributed by atoms with van der Waals surface area (Å²) in [5.41, 5.74) is 1.56. The summed E-state index contributed by atoms with van der Waals surface area (Å²) in [7, 11) is 0. The monoisotopic (exact) mass is 420 g/mol. The van der Waals surface area contributed by atoms with Gasteiger partial charge in [0, 0.05) is 31.5 Å². The van der Waals surface area contributed by atoms with Gasteiger partial charge in [0.25, 0.3) is 5.91 Å². The summed E-state index contributed by atoms with van der Waals surface area (Å²) in [5, 5.41) is 4.37. The number of aryl methyl sites for hydroxylation is 1. The van der Waals surface area contributed by atoms with Crippen molar-refractivity contribution in [2.75, 3.05) is 19.7 Å². The zero-order chi connectivity index (χ0) is 21.7. The molecule has 0 spiro atoms. The summed E-state index contributed by atoms with van der Waals surface area (Å²) >= 11 is 0. The molecule has 1 atom stereocenters. The number of hydrogen-bond acceptors (Lipinski definition) is 5. The summed E-state index contributed by atoms with van der Waals surface area (Å²) in [4.78, 5) is 32.2. The number of carbonyl (C=O) groups is 2. The molecule has 1 saturated heterocycles. The van der Waals surface area contributed by atoms with Gasteiger partial charge in [0.1, 0.15) is 0 Å². The number of likely N-dealkylation sites (tertiary alicyclic amines) is 1. The predicted octanol–water partition coefficient (Wildman–Crippen LogP) is 3.54. The van der Waals surface area contributed by atoms with Crippen molar-refractivity contribution in [1.82, 2.24) is 19.5 Å². The smallest absolute Gasteiger partial charge is 0.313 e. The Balaban J connectivity index is 1.50. The minimum absolute atomic E-state index is 0.165. The van der Waals surface area contributed by atoms with Gasteiger partial charge in [0.2, 0.25) is 0 Å². The topological polar surface area (TPSA) is 76.8 Å². The SMILES string of the molecule is CCOC(=O)C1(CCCc2ccccc2)CCCN(C(=O)c2cc3ncccn3n2)C1. The highest BCUT2D eigenvalue weighted by molar-refractivity contribution is 5.94. The number of nitrogens with zero attached hydrogens (tertiary/aromatic N) is 4. The lowest BCUT2D eigenvalue weighted by molar-refractivity contribution is -0.159. The highest BCUT2D eigenvalue weighted by Gasteiger charge is 2.44. The molecule has 162 valence electrons. The van der Waals surface area contributed by atoms with E-state index in [1.54, 1.807) is 33.9 Å². The van der Waals surface area contributed by atoms with Crippen molar-refractivity contribution >= 4 is 17.5 Å². The first-order valence-electron chi connectivity index (χ1n) is 10.9. The van der Waals surface area contributed by atoms with Gasteiger partial charge in [-0.05, 0) is 50.7 Å². The average Bonchev–Trinajstić information content (AvgIpc) is 3.24. The number of benzene rings is 1. The van der Waals surface area contributed by atoms with Crippen LogP contribution < -0.4 is 0 Å². The number of esters is 1. The van der Waals surface area contributed by atoms with Crippen LogP contribution in [0.25, 0.3) is 5.65 Å². The van der Waals surface area contributed by atoms with E-state index in [0.29, 0.717) is 37.5 Å². The van der Waals surface area contributed by atoms with Crippen LogP contribution in [0.1, 0.15) is 48.7 Å². The molecule has 0 saturated carbocycles. The fourth-order valence-electron chi connectivity index (χ4n) is 4.43. The normalized spacial score (nSPS) is 18.8. The van der Waals surface area contributed by atoms with Gasteiger partial charge in [0.15, 0.2) is 11.3 Å². The van der Waals surface area contributed by atoms with Gasteiger partial charge in [-0.25, -0.2) is 9.50 Å². The molecule has 1 aliphatic rings. The number of piperidine rings is 1. The van der Waals surface area contributed by atoms with E-state index in [1.807, 2.05) is 25.1 Å². The number of fused-ring (bicyclic) bond motifs is 1. The van der Waals surface area contributed by atoms with E-state index in [1.165, 1.54) is 5.56 Å². The Hall–Kier alpha value is -3.22. The summed E-state index contributed by atoms with van der Waals surface area (Å²) in [6.07, 6.45) is 7.39. The van der Waals surface area contributed by atoms with Crippen LogP contribution in [0, 0.1) is 5.41 Å². The molecule has 3 aromatic rings. The third-order valence-corrected chi connectivity index (χ3v) is 5.99. The standard InChI is InChI=1S/C24H28N4O3/c1-2-31-23(30)24(12-6-11-19-9-4-3-5-10-19)13-7-15-27(18-24)22(29)20-17-21-25-14-8-16-28(21)26-20/h3-5,8-10,14,16-17H,2,6-7,11-13,15,18H2,1H3. The minimum atomic E-state index is -0.671. The van der Waals surface area contributed by atoms with E-state index in [4.69, 9.17) is 4.74 Å². The van der Waals surface area contributed by atoms with Crippen LogP contribution in [-0.2, 0) is 16.0 Å². The van der Waals surface area contributed by atoms with Crippen molar-refractivity contribution < 1.29 is 14.3 Å². The number of hydrogen-bond donors (Lipinski definition) is 0. The number of ether oxygens (including phenoxy) is 1. The van der Waals surface area contributed by atoms with Crippen LogP contribution in [0.5, 0.6) is 0 Å². The molecule has 0 radical (unpaired) electrons. The molecule has 1 unspecified atom stereocenters. The van der Waals surface area contributed by atoms with Gasteiger partial charge in [-0.3, -0.25) is 9.59 Å². The predicted molar refractivity (Wildman–Crippen MR) is 117 cm³/mol. The maximum atomic E-state index is 13.2. The Morgan fingerprint density at radius 2 is 2.03 bits per heavy atom. The summed E-state index contributed by atoms with van der Waals surface area (Å²) in [6.45, 7) is 3.14. The summed E-state index contributed by atoms with van der Waals surface area (Å²) in [6, 6.07) is 13.7. The van der Waals surface area contributed by atoms with E-state index in [0.717, 1.165) is 25.7 Å². The molecule has 2 aromatic heterocycles. The van der Waals surface area contributed by atoms with Crippen molar-refractivity contribution in [3.63, 3.8) is 0 Å². The molecule has 0 aliphatic carbocycles. The molecule has 7 nitrogen and oxygen atoms in total. The molecule has 1 amide bonds. The second-order valence-electron chi connectivity index (χ2n) is 8.12. The Bertz CT molecular complexity index is 1020. The molecule has 4 rings (SSSR count). The van der Waals surface area contributed by atoms with E-state index in [-0.39, 0.29) is 11.9 Å². The lowest BCUT2D eigenvalue weighted by Crippen LogP contribution is -2.50. The van der Waals surface area contributed by atoms with E-state index < -0.39 is 5.41 Å². The Labute approximate surface area is 182 Å². The van der Waals surface area contributed by atoms with Gasteiger partial charge < -0.3 is 9.64 Å². The Morgan fingerprint density at radius 1 is 1.19 bits per heavy atom. The van der Waals surface area contributed by atoms with Crippen LogP contribution in [0.4, 0.5) is 0 Å². The first-order chi connectivity index (χ1) is 15.1. The van der Waals surface area contributed by atoms with Crippen LogP contribution in [0.3, 0.4) is 0 Å². The van der Waals surface area contributed by atoms with Crippen molar-refractivity contribution in [2.45, 2.75) is 39.0 Å². The Kier molecular flexibility index (Phi) is 6.30. The summed E-state index contributed by atoms with van der Waals surface area (Å²) in [5.74, 6) is -0.362. The van der Waals surface area contributed by atoms with E-state index >= 15 is 0 Å². The molecule has 1 aromatic carbocycles. The van der Waals surface area contributed by atoms with E-state index in [9.17, 15) is 9.59 Å². The number of amides is 1. The van der Waals surface area contributed by atoms with Crippen molar-refractivity contribution in [2.24, 2.45) is 5.41 Å². The molecule has 0 N–H and O–H groups in total. The third kappa shape index (κ3) is 4.60. The van der Waals surface area contributed by atoms with Crippen LogP contribution in [0.2, 0.25) is 0 Å². The molecule has 3 heterocycles. The van der Waals surface area contributed by atoms with Crippen LogP contribution >= 0.6 is 0 Å². The largest absolute Gasteiger partial charge is 0.466 e. The highest BCUT2D eigenvalue weighted by atomic mass is 16.5. The maximum Gasteiger partial charge on any atom is 0.313 e. The number of carbonyl (C=O) groups excluding carboxylic acids is 2. The second kappa shape index (κ2) is 9.29. The number of rotatable bonds is 7. The molecular formula is C24H28N4O3. The van der Waals surface area contributed by atoms with Gasteiger partial charge >= 0.3 is 5.97 Å². The fourth-order valence-corrected chi connectivity index (χ4v) is 4.43. The second-order valence-corrected chi connectivity index (χ2v) is 8.12. The first kappa shape index (κ1) is 21.0. The number of aromatic nitrogens is 3. The molecule has 31 heavy (non-hydrogen) atoms. The lowest BCUT2D eigenvalue weighted by atomic mass is 9.75. The van der Waals surface area contributed by atoms with Gasteiger partial charge in [0.05, 0.1) is 12.0 Å². The van der Waals surface area contributed by atoms with Gasteiger partial charge in [-0.1, -0.05) is 30.3 Å². The van der Waals surface area contributed by atoms with Crippen LogP contribution in [-0.4, -0.2) is 51.1 Å². The van der Waals surface area contributed by atoms with Gasteiger partial charge in [-0.15, -0.1) is 0 Å². The highest BCUT2D eigenvalue weighted by Crippen LogP contribution is 2.37. The van der Waals surface area contributed by atoms with Crippen LogP contribution in [0.15, 0.2) is 54.9 Å². The molecule has 1 fully saturated rings. The van der Waals surface area contributed by atoms with E-state index in [2.05, 4.69) is 22.2 Å². The average molecular weight is 421 g/mol. The molecule has 1 aliphatic heterocycles. The zero-order valence-electron chi connectivity index (χ0n) is 17.9. The third-order valence-electron chi connectivity index (χ3n) is 5.99.